The summed E-state index contributed by atoms with van der Waals surface area (Å²) in [6.07, 6.45) is -1.50. The van der Waals surface area contributed by atoms with Crippen LogP contribution in [0.3, 0.4) is 0 Å². The van der Waals surface area contributed by atoms with E-state index < -0.39 is 31.5 Å². The van der Waals surface area contributed by atoms with Gasteiger partial charge in [-0.25, -0.2) is 9.59 Å². The molecule has 1 aromatic carbocycles. The maximum Gasteiger partial charge on any atom is 0.424 e. The summed E-state index contributed by atoms with van der Waals surface area (Å²) in [5.41, 5.74) is -0.990. The molecule has 5 nitrogen and oxygen atoms in total. The van der Waals surface area contributed by atoms with Crippen LogP contribution in [0.1, 0.15) is 41.5 Å². The molecule has 0 aromatic heterocycles. The molecule has 25 heavy (non-hydrogen) atoms. The van der Waals surface area contributed by atoms with Crippen molar-refractivity contribution in [1.82, 2.24) is 0 Å². The summed E-state index contributed by atoms with van der Waals surface area (Å²) in [7, 11) is -1.47. The van der Waals surface area contributed by atoms with Crippen LogP contribution in [0, 0.1) is 0 Å². The van der Waals surface area contributed by atoms with Gasteiger partial charge in [0.25, 0.3) is 0 Å². The van der Waals surface area contributed by atoms with E-state index in [-0.39, 0.29) is 0 Å². The molecule has 0 bridgehead atoms. The second-order valence-electron chi connectivity index (χ2n) is 9.09. The third-order valence-corrected chi connectivity index (χ3v) is 5.21. The molecule has 2 amide bonds. The predicted octanol–water partition coefficient (Wildman–Crippen LogP) is 4.91. The Labute approximate surface area is 152 Å². The van der Waals surface area contributed by atoms with E-state index in [1.54, 1.807) is 53.7 Å². The van der Waals surface area contributed by atoms with Gasteiger partial charge in [-0.2, -0.15) is 4.90 Å². The monoisotopic (exact) mass is 365 g/mol. The first-order chi connectivity index (χ1) is 11.1. The molecular formula is C19H31NO4Si. The molecule has 0 aliphatic heterocycles. The molecule has 0 spiro atoms. The molecule has 0 radical (unpaired) electrons. The number of anilines is 1. The highest BCUT2D eigenvalue weighted by atomic mass is 28.3. The van der Waals surface area contributed by atoms with Crippen LogP contribution in [-0.2, 0) is 9.47 Å². The van der Waals surface area contributed by atoms with Gasteiger partial charge in [0.2, 0.25) is 0 Å². The number of amides is 2. The highest BCUT2D eigenvalue weighted by molar-refractivity contribution is 6.88. The number of imide groups is 1. The Morgan fingerprint density at radius 1 is 0.800 bits per heavy atom. The number of carbonyl (C=O) groups is 2. The Balaban J connectivity index is 3.22. The van der Waals surface area contributed by atoms with Gasteiger partial charge in [0.1, 0.15) is 11.2 Å². The van der Waals surface area contributed by atoms with E-state index in [9.17, 15) is 9.59 Å². The first-order valence-corrected chi connectivity index (χ1v) is 12.0. The van der Waals surface area contributed by atoms with Gasteiger partial charge in [-0.05, 0) is 53.7 Å². The van der Waals surface area contributed by atoms with Crippen LogP contribution < -0.4 is 10.1 Å². The van der Waals surface area contributed by atoms with Crippen LogP contribution in [-0.4, -0.2) is 31.5 Å². The molecule has 1 aromatic rings. The van der Waals surface area contributed by atoms with E-state index in [0.717, 1.165) is 4.90 Å². The standard InChI is InChI=1S/C19H31NO4Si/c1-18(2,3)23-16(21)20(17(22)24-19(4,5)6)14-10-12-15(13-11-14)25(7,8)9/h10-13H,1-9H3. The number of hydrogen-bond donors (Lipinski definition) is 0. The minimum absolute atomic E-state index is 0.436. The number of rotatable bonds is 2. The maximum absolute atomic E-state index is 12.6. The Morgan fingerprint density at radius 2 is 1.16 bits per heavy atom. The molecule has 0 aliphatic carbocycles. The van der Waals surface area contributed by atoms with Crippen molar-refractivity contribution in [2.24, 2.45) is 0 Å². The third kappa shape index (κ3) is 6.90. The zero-order chi connectivity index (χ0) is 19.6. The lowest BCUT2D eigenvalue weighted by molar-refractivity contribution is 0.0431. The number of carbonyl (C=O) groups excluding carboxylic acids is 2. The van der Waals surface area contributed by atoms with Crippen LogP contribution in [0.5, 0.6) is 0 Å². The third-order valence-electron chi connectivity index (χ3n) is 3.14. The summed E-state index contributed by atoms with van der Waals surface area (Å²) in [5, 5.41) is 1.24. The second-order valence-corrected chi connectivity index (χ2v) is 14.2. The van der Waals surface area contributed by atoms with E-state index in [2.05, 4.69) is 19.6 Å². The number of benzene rings is 1. The Hall–Kier alpha value is -1.82. The van der Waals surface area contributed by atoms with Crippen LogP contribution in [0.4, 0.5) is 15.3 Å². The van der Waals surface area contributed by atoms with Crippen LogP contribution >= 0.6 is 0 Å². The largest absolute Gasteiger partial charge is 0.443 e. The number of hydrogen-bond acceptors (Lipinski definition) is 4. The maximum atomic E-state index is 12.6. The average Bonchev–Trinajstić information content (AvgIpc) is 2.33. The Kier molecular flexibility index (Phi) is 6.11. The van der Waals surface area contributed by atoms with Crippen molar-refractivity contribution >= 4 is 31.1 Å². The highest BCUT2D eigenvalue weighted by Crippen LogP contribution is 2.21. The zero-order valence-corrected chi connectivity index (χ0v) is 17.9. The van der Waals surface area contributed by atoms with Gasteiger partial charge >= 0.3 is 12.2 Å². The topological polar surface area (TPSA) is 55.8 Å². The van der Waals surface area contributed by atoms with Crippen LogP contribution in [0.15, 0.2) is 24.3 Å². The fraction of sp³-hybridized carbons (Fsp3) is 0.579. The molecule has 0 saturated carbocycles. The first kappa shape index (κ1) is 21.2. The van der Waals surface area contributed by atoms with Crippen molar-refractivity contribution < 1.29 is 19.1 Å². The minimum Gasteiger partial charge on any atom is -0.443 e. The molecule has 6 heteroatoms. The van der Waals surface area contributed by atoms with Crippen LogP contribution in [0.2, 0.25) is 19.6 Å². The minimum atomic E-state index is -1.47. The molecule has 0 fully saturated rings. The van der Waals surface area contributed by atoms with Gasteiger partial charge in [-0.1, -0.05) is 37.0 Å². The van der Waals surface area contributed by atoms with Crippen molar-refractivity contribution in [2.45, 2.75) is 72.4 Å². The van der Waals surface area contributed by atoms with Gasteiger partial charge in [-0.15, -0.1) is 0 Å². The van der Waals surface area contributed by atoms with Crippen LogP contribution in [0.25, 0.3) is 0 Å². The average molecular weight is 366 g/mol. The molecule has 0 heterocycles. The quantitative estimate of drug-likeness (QED) is 0.699. The summed E-state index contributed by atoms with van der Waals surface area (Å²) in [5.74, 6) is 0. The summed E-state index contributed by atoms with van der Waals surface area (Å²) >= 11 is 0. The number of ether oxygens (including phenoxy) is 2. The zero-order valence-electron chi connectivity index (χ0n) is 16.9. The van der Waals surface area contributed by atoms with E-state index in [0.29, 0.717) is 5.69 Å². The molecule has 0 N–H and O–H groups in total. The molecule has 0 unspecified atom stereocenters. The van der Waals surface area contributed by atoms with Crippen molar-refractivity contribution in [3.05, 3.63) is 24.3 Å². The lowest BCUT2D eigenvalue weighted by Gasteiger charge is -2.29. The van der Waals surface area contributed by atoms with Gasteiger partial charge in [0.05, 0.1) is 13.8 Å². The fourth-order valence-electron chi connectivity index (χ4n) is 2.01. The highest BCUT2D eigenvalue weighted by Gasteiger charge is 2.32. The smallest absolute Gasteiger partial charge is 0.424 e. The summed E-state index contributed by atoms with van der Waals surface area (Å²) in [4.78, 5) is 26.1. The first-order valence-electron chi connectivity index (χ1n) is 8.47. The molecule has 0 aliphatic rings. The van der Waals surface area contributed by atoms with Crippen molar-refractivity contribution in [1.29, 1.82) is 0 Å². The van der Waals surface area contributed by atoms with Crippen molar-refractivity contribution in [3.63, 3.8) is 0 Å². The second kappa shape index (κ2) is 7.20. The fourth-order valence-corrected chi connectivity index (χ4v) is 3.18. The van der Waals surface area contributed by atoms with Crippen molar-refractivity contribution in [2.75, 3.05) is 4.90 Å². The van der Waals surface area contributed by atoms with E-state index >= 15 is 0 Å². The SMILES string of the molecule is CC(C)(C)OC(=O)N(C(=O)OC(C)(C)C)c1ccc([Si](C)(C)C)cc1. The van der Waals surface area contributed by atoms with Gasteiger partial charge in [-0.3, -0.25) is 0 Å². The summed E-state index contributed by atoms with van der Waals surface area (Å²) in [6.45, 7) is 17.3. The molecule has 0 atom stereocenters. The van der Waals surface area contributed by atoms with Gasteiger partial charge in [0, 0.05) is 0 Å². The van der Waals surface area contributed by atoms with E-state index in [1.165, 1.54) is 5.19 Å². The van der Waals surface area contributed by atoms with E-state index in [4.69, 9.17) is 9.47 Å². The van der Waals surface area contributed by atoms with E-state index in [1.807, 2.05) is 12.1 Å². The van der Waals surface area contributed by atoms with Gasteiger partial charge < -0.3 is 9.47 Å². The van der Waals surface area contributed by atoms with Crippen molar-refractivity contribution in [3.8, 4) is 0 Å². The lowest BCUT2D eigenvalue weighted by Crippen LogP contribution is -2.44. The normalized spacial score (nSPS) is 12.5. The Morgan fingerprint density at radius 3 is 1.44 bits per heavy atom. The molecule has 140 valence electrons. The lowest BCUT2D eigenvalue weighted by atomic mass is 10.2. The summed E-state index contributed by atoms with van der Waals surface area (Å²) < 4.78 is 10.8. The Bertz CT molecular complexity index is 591. The van der Waals surface area contributed by atoms with Gasteiger partial charge in [0.15, 0.2) is 0 Å². The molecule has 1 rings (SSSR count). The molecular weight excluding hydrogens is 334 g/mol. The summed E-state index contributed by atoms with van der Waals surface area (Å²) in [6, 6.07) is 7.45. The molecule has 0 saturated heterocycles. The number of nitrogens with zero attached hydrogens (tertiary/aromatic N) is 1. The predicted molar refractivity (Wildman–Crippen MR) is 104 cm³/mol.